The summed E-state index contributed by atoms with van der Waals surface area (Å²) in [5.74, 6) is 2.74. The van der Waals surface area contributed by atoms with Gasteiger partial charge < -0.3 is 4.57 Å². The summed E-state index contributed by atoms with van der Waals surface area (Å²) in [6.07, 6.45) is 5.12. The molecule has 3 heterocycles. The Hall–Kier alpha value is -1.68. The molecule has 2 aliphatic rings. The van der Waals surface area contributed by atoms with Gasteiger partial charge in [-0.1, -0.05) is 65.0 Å². The number of piperidine rings is 1. The molecular weight excluding hydrogens is 332 g/mol. The third-order valence-electron chi connectivity index (χ3n) is 6.34. The maximum atomic E-state index is 4.64. The molecular formula is C23H34N4. The minimum atomic E-state index is 0.0281. The summed E-state index contributed by atoms with van der Waals surface area (Å²) in [6, 6.07) is 12.9. The molecule has 4 heteroatoms. The molecule has 27 heavy (non-hydrogen) atoms. The van der Waals surface area contributed by atoms with Gasteiger partial charge in [0, 0.05) is 36.0 Å². The fourth-order valence-electron chi connectivity index (χ4n) is 5.08. The second kappa shape index (κ2) is 7.05. The van der Waals surface area contributed by atoms with E-state index < -0.39 is 0 Å². The van der Waals surface area contributed by atoms with Gasteiger partial charge in [0.15, 0.2) is 0 Å². The molecule has 2 aromatic rings. The second-order valence-corrected chi connectivity index (χ2v) is 9.82. The van der Waals surface area contributed by atoms with Crippen molar-refractivity contribution in [3.05, 3.63) is 47.5 Å². The highest BCUT2D eigenvalue weighted by Gasteiger charge is 2.43. The molecule has 0 amide bonds. The molecule has 0 saturated carbocycles. The number of nitrogens with zero attached hydrogens (tertiary/aromatic N) is 4. The van der Waals surface area contributed by atoms with Crippen LogP contribution in [0.4, 0.5) is 0 Å². The van der Waals surface area contributed by atoms with Crippen LogP contribution in [0.2, 0.25) is 0 Å². The van der Waals surface area contributed by atoms with Crippen LogP contribution in [0.3, 0.4) is 0 Å². The van der Waals surface area contributed by atoms with Gasteiger partial charge >= 0.3 is 0 Å². The Morgan fingerprint density at radius 2 is 1.59 bits per heavy atom. The number of fused-ring (bicyclic) bond motifs is 2. The van der Waals surface area contributed by atoms with Crippen molar-refractivity contribution in [1.29, 1.82) is 0 Å². The van der Waals surface area contributed by atoms with Crippen molar-refractivity contribution in [2.75, 3.05) is 0 Å². The van der Waals surface area contributed by atoms with Gasteiger partial charge in [-0.15, -0.1) is 10.2 Å². The van der Waals surface area contributed by atoms with E-state index >= 15 is 0 Å². The average molecular weight is 367 g/mol. The monoisotopic (exact) mass is 366 g/mol. The van der Waals surface area contributed by atoms with Crippen LogP contribution < -0.4 is 0 Å². The third-order valence-corrected chi connectivity index (χ3v) is 6.34. The van der Waals surface area contributed by atoms with Crippen LogP contribution in [0.1, 0.15) is 89.5 Å². The first-order valence-corrected chi connectivity index (χ1v) is 10.6. The van der Waals surface area contributed by atoms with E-state index in [2.05, 4.69) is 84.6 Å². The molecule has 0 aliphatic carbocycles. The standard InChI is InChI=1S/C23H34N4/c1-16(2)21-24-25-22(23(3,4)5)27(21)20-13-18-11-12-19(14-20)26(18)15-17-9-7-6-8-10-17/h6-10,16,18-20H,11-15H2,1-5H3. The van der Waals surface area contributed by atoms with E-state index in [1.807, 2.05) is 0 Å². The first-order valence-electron chi connectivity index (χ1n) is 10.6. The molecule has 2 aliphatic heterocycles. The lowest BCUT2D eigenvalue weighted by Crippen LogP contribution is -2.43. The Morgan fingerprint density at radius 1 is 0.963 bits per heavy atom. The van der Waals surface area contributed by atoms with Gasteiger partial charge in [0.1, 0.15) is 11.6 Å². The van der Waals surface area contributed by atoms with Crippen LogP contribution in [0.25, 0.3) is 0 Å². The molecule has 4 nitrogen and oxygen atoms in total. The zero-order chi connectivity index (χ0) is 19.2. The van der Waals surface area contributed by atoms with Crippen LogP contribution in [-0.2, 0) is 12.0 Å². The van der Waals surface area contributed by atoms with Gasteiger partial charge in [-0.05, 0) is 31.2 Å². The molecule has 1 aromatic carbocycles. The summed E-state index contributed by atoms with van der Waals surface area (Å²) in [7, 11) is 0. The van der Waals surface area contributed by atoms with Crippen LogP contribution >= 0.6 is 0 Å². The van der Waals surface area contributed by atoms with E-state index in [0.717, 1.165) is 12.4 Å². The summed E-state index contributed by atoms with van der Waals surface area (Å²) < 4.78 is 2.52. The van der Waals surface area contributed by atoms with Gasteiger partial charge in [-0.25, -0.2) is 0 Å². The van der Waals surface area contributed by atoms with Gasteiger partial charge in [0.2, 0.25) is 0 Å². The Bertz CT molecular complexity index is 757. The lowest BCUT2D eigenvalue weighted by molar-refractivity contribution is 0.0959. The fraction of sp³-hybridized carbons (Fsp3) is 0.652. The summed E-state index contributed by atoms with van der Waals surface area (Å²) >= 11 is 0. The lowest BCUT2D eigenvalue weighted by Gasteiger charge is -2.41. The number of rotatable bonds is 4. The van der Waals surface area contributed by atoms with Gasteiger partial charge in [0.05, 0.1) is 0 Å². The number of aromatic nitrogens is 3. The van der Waals surface area contributed by atoms with Crippen LogP contribution in [0, 0.1) is 0 Å². The predicted octanol–water partition coefficient (Wildman–Crippen LogP) is 5.07. The van der Waals surface area contributed by atoms with Crippen LogP contribution in [0.5, 0.6) is 0 Å². The summed E-state index contributed by atoms with van der Waals surface area (Å²) in [4.78, 5) is 2.77. The zero-order valence-corrected chi connectivity index (χ0v) is 17.5. The predicted molar refractivity (Wildman–Crippen MR) is 110 cm³/mol. The summed E-state index contributed by atoms with van der Waals surface area (Å²) in [5, 5.41) is 9.25. The number of hydrogen-bond donors (Lipinski definition) is 0. The third kappa shape index (κ3) is 3.56. The highest BCUT2D eigenvalue weighted by Crippen LogP contribution is 2.43. The molecule has 2 saturated heterocycles. The number of hydrogen-bond acceptors (Lipinski definition) is 3. The Balaban J connectivity index is 1.59. The quantitative estimate of drug-likeness (QED) is 0.758. The maximum absolute atomic E-state index is 4.64. The van der Waals surface area contributed by atoms with Crippen molar-refractivity contribution < 1.29 is 0 Å². The molecule has 0 radical (unpaired) electrons. The van der Waals surface area contributed by atoms with E-state index in [1.165, 1.54) is 37.1 Å². The van der Waals surface area contributed by atoms with Crippen molar-refractivity contribution in [3.8, 4) is 0 Å². The normalized spacial score (nSPS) is 26.1. The Labute approximate surface area is 164 Å². The average Bonchev–Trinajstić information content (AvgIpc) is 3.15. The lowest BCUT2D eigenvalue weighted by atomic mass is 9.91. The van der Waals surface area contributed by atoms with E-state index in [0.29, 0.717) is 24.0 Å². The topological polar surface area (TPSA) is 34.0 Å². The molecule has 0 spiro atoms. The zero-order valence-electron chi connectivity index (χ0n) is 17.5. The van der Waals surface area contributed by atoms with E-state index in [4.69, 9.17) is 0 Å². The Kier molecular flexibility index (Phi) is 4.87. The molecule has 4 rings (SSSR count). The highest BCUT2D eigenvalue weighted by molar-refractivity contribution is 5.17. The highest BCUT2D eigenvalue weighted by atomic mass is 15.3. The van der Waals surface area contributed by atoms with E-state index in [9.17, 15) is 0 Å². The summed E-state index contributed by atoms with van der Waals surface area (Å²) in [6.45, 7) is 12.4. The SMILES string of the molecule is CC(C)c1nnc(C(C)(C)C)n1C1CC2CCC(C1)N2Cc1ccccc1. The largest absolute Gasteiger partial charge is 0.311 e. The second-order valence-electron chi connectivity index (χ2n) is 9.82. The first kappa shape index (κ1) is 18.7. The van der Waals surface area contributed by atoms with E-state index in [-0.39, 0.29) is 5.41 Å². The van der Waals surface area contributed by atoms with Gasteiger partial charge in [-0.2, -0.15) is 0 Å². The summed E-state index contributed by atoms with van der Waals surface area (Å²) in [5.41, 5.74) is 1.47. The van der Waals surface area contributed by atoms with Crippen LogP contribution in [0.15, 0.2) is 30.3 Å². The Morgan fingerprint density at radius 3 is 2.15 bits per heavy atom. The molecule has 2 fully saturated rings. The molecule has 1 aromatic heterocycles. The first-order chi connectivity index (χ1) is 12.8. The molecule has 0 N–H and O–H groups in total. The van der Waals surface area contributed by atoms with Gasteiger partial charge in [-0.3, -0.25) is 4.90 Å². The number of benzene rings is 1. The minimum absolute atomic E-state index is 0.0281. The molecule has 146 valence electrons. The minimum Gasteiger partial charge on any atom is -0.311 e. The van der Waals surface area contributed by atoms with Crippen molar-refractivity contribution in [2.45, 2.75) is 96.3 Å². The molecule has 2 atom stereocenters. The van der Waals surface area contributed by atoms with Gasteiger partial charge in [0.25, 0.3) is 0 Å². The smallest absolute Gasteiger partial charge is 0.138 e. The maximum Gasteiger partial charge on any atom is 0.138 e. The molecule has 2 bridgehead atoms. The molecule has 2 unspecified atom stereocenters. The van der Waals surface area contributed by atoms with Crippen molar-refractivity contribution in [2.24, 2.45) is 0 Å². The van der Waals surface area contributed by atoms with Crippen molar-refractivity contribution >= 4 is 0 Å². The fourth-order valence-corrected chi connectivity index (χ4v) is 5.08. The van der Waals surface area contributed by atoms with Crippen molar-refractivity contribution in [1.82, 2.24) is 19.7 Å². The van der Waals surface area contributed by atoms with E-state index in [1.54, 1.807) is 0 Å². The van der Waals surface area contributed by atoms with Crippen LogP contribution in [-0.4, -0.2) is 31.7 Å². The van der Waals surface area contributed by atoms with Crippen molar-refractivity contribution in [3.63, 3.8) is 0 Å².